The summed E-state index contributed by atoms with van der Waals surface area (Å²) in [5.74, 6) is -0.237. The summed E-state index contributed by atoms with van der Waals surface area (Å²) in [4.78, 5) is 7.42. The fourth-order valence-corrected chi connectivity index (χ4v) is 2.33. The van der Waals surface area contributed by atoms with E-state index in [1.807, 2.05) is 12.1 Å². The van der Waals surface area contributed by atoms with E-state index >= 15 is 0 Å². The van der Waals surface area contributed by atoms with Crippen molar-refractivity contribution in [3.05, 3.63) is 41.9 Å². The molecular weight excluding hydrogens is 239 g/mol. The van der Waals surface area contributed by atoms with Crippen LogP contribution in [0.2, 0.25) is 0 Å². The molecular formula is C12H9FN2OS. The number of hydrogen-bond donors (Lipinski definition) is 1. The second-order valence-electron chi connectivity index (χ2n) is 3.69. The lowest BCUT2D eigenvalue weighted by Gasteiger charge is -1.93. The molecule has 5 heteroatoms. The van der Waals surface area contributed by atoms with Crippen molar-refractivity contribution in [2.75, 3.05) is 0 Å². The topological polar surface area (TPSA) is 41.8 Å². The maximum absolute atomic E-state index is 13.4. The second kappa shape index (κ2) is 3.92. The molecule has 86 valence electrons. The fourth-order valence-electron chi connectivity index (χ4n) is 1.58. The number of halogens is 1. The predicted octanol–water partition coefficient (Wildman–Crippen LogP) is 3.75. The van der Waals surface area contributed by atoms with Crippen molar-refractivity contribution in [1.29, 1.82) is 0 Å². The molecule has 0 saturated carbocycles. The molecule has 0 saturated heterocycles. The first-order chi connectivity index (χ1) is 8.22. The summed E-state index contributed by atoms with van der Waals surface area (Å²) >= 11 is 1.38. The summed E-state index contributed by atoms with van der Waals surface area (Å²) in [6.45, 7) is 1.73. The number of H-pyrrole nitrogens is 1. The Morgan fingerprint density at radius 3 is 3.06 bits per heavy atom. The lowest BCUT2D eigenvalue weighted by atomic mass is 10.2. The molecule has 0 aliphatic heterocycles. The van der Waals surface area contributed by atoms with Gasteiger partial charge in [-0.2, -0.15) is 0 Å². The Morgan fingerprint density at radius 1 is 1.41 bits per heavy atom. The maximum atomic E-state index is 13.4. The molecule has 2 heterocycles. The van der Waals surface area contributed by atoms with Crippen LogP contribution in [0.5, 0.6) is 0 Å². The molecule has 0 bridgehead atoms. The zero-order valence-electron chi connectivity index (χ0n) is 9.03. The van der Waals surface area contributed by atoms with Crippen LogP contribution in [0.4, 0.5) is 4.39 Å². The van der Waals surface area contributed by atoms with E-state index in [0.29, 0.717) is 16.2 Å². The van der Waals surface area contributed by atoms with E-state index in [0.717, 1.165) is 10.6 Å². The minimum Gasteiger partial charge on any atom is -0.458 e. The highest BCUT2D eigenvalue weighted by atomic mass is 32.2. The van der Waals surface area contributed by atoms with Crippen LogP contribution in [0.15, 0.2) is 45.2 Å². The van der Waals surface area contributed by atoms with Crippen molar-refractivity contribution >= 4 is 22.8 Å². The lowest BCUT2D eigenvalue weighted by molar-refractivity contribution is 0.474. The lowest BCUT2D eigenvalue weighted by Crippen LogP contribution is -1.81. The Kier molecular flexibility index (Phi) is 2.40. The summed E-state index contributed by atoms with van der Waals surface area (Å²) in [5.41, 5.74) is 2.07. The van der Waals surface area contributed by atoms with Crippen molar-refractivity contribution in [3.8, 4) is 0 Å². The number of aromatic nitrogens is 2. The fraction of sp³-hybridized carbons (Fsp3) is 0.0833. The van der Waals surface area contributed by atoms with Gasteiger partial charge < -0.3 is 9.40 Å². The van der Waals surface area contributed by atoms with E-state index in [4.69, 9.17) is 4.42 Å². The molecule has 0 spiro atoms. The van der Waals surface area contributed by atoms with E-state index in [9.17, 15) is 4.39 Å². The zero-order valence-corrected chi connectivity index (χ0v) is 9.84. The van der Waals surface area contributed by atoms with Gasteiger partial charge in [0.2, 0.25) is 0 Å². The van der Waals surface area contributed by atoms with E-state index in [1.54, 1.807) is 19.3 Å². The van der Waals surface area contributed by atoms with Gasteiger partial charge in [-0.3, -0.25) is 0 Å². The Hall–Kier alpha value is -1.75. The van der Waals surface area contributed by atoms with Crippen LogP contribution in [0, 0.1) is 12.7 Å². The minimum absolute atomic E-state index is 0.237. The first kappa shape index (κ1) is 10.4. The Bertz CT molecular complexity index is 622. The average Bonchev–Trinajstić information content (AvgIpc) is 2.89. The van der Waals surface area contributed by atoms with Gasteiger partial charge in [-0.05, 0) is 42.4 Å². The number of benzene rings is 1. The summed E-state index contributed by atoms with van der Waals surface area (Å²) < 4.78 is 18.6. The highest BCUT2D eigenvalue weighted by Gasteiger charge is 2.08. The smallest absolute Gasteiger partial charge is 0.174 e. The van der Waals surface area contributed by atoms with Crippen LogP contribution in [0.3, 0.4) is 0 Å². The molecule has 0 aliphatic carbocycles. The first-order valence-electron chi connectivity index (χ1n) is 5.09. The van der Waals surface area contributed by atoms with Crippen LogP contribution in [0.1, 0.15) is 5.56 Å². The van der Waals surface area contributed by atoms with Crippen LogP contribution in [-0.2, 0) is 0 Å². The van der Waals surface area contributed by atoms with Crippen LogP contribution >= 0.6 is 11.8 Å². The third-order valence-corrected chi connectivity index (χ3v) is 3.25. The monoisotopic (exact) mass is 248 g/mol. The Balaban J connectivity index is 2.02. The number of nitrogens with zero attached hydrogens (tertiary/aromatic N) is 1. The van der Waals surface area contributed by atoms with Crippen molar-refractivity contribution in [3.63, 3.8) is 0 Å². The molecule has 1 N–H and O–H groups in total. The highest BCUT2D eigenvalue weighted by molar-refractivity contribution is 7.99. The average molecular weight is 248 g/mol. The third kappa shape index (κ3) is 1.93. The molecule has 3 rings (SSSR count). The molecule has 2 aromatic heterocycles. The number of aryl methyl sites for hydroxylation is 1. The molecule has 0 aliphatic rings. The summed E-state index contributed by atoms with van der Waals surface area (Å²) in [5, 5.41) is 1.45. The zero-order chi connectivity index (χ0) is 11.8. The van der Waals surface area contributed by atoms with Crippen molar-refractivity contribution in [2.45, 2.75) is 17.2 Å². The summed E-state index contributed by atoms with van der Waals surface area (Å²) in [6.07, 6.45) is 1.61. The van der Waals surface area contributed by atoms with Crippen LogP contribution < -0.4 is 0 Å². The standard InChI is InChI=1S/C12H9FN2OS/c1-7-5-9-10(6-8(7)13)15-12(14-9)17-11-3-2-4-16-11/h2-6H,1H3,(H,14,15). The van der Waals surface area contributed by atoms with E-state index < -0.39 is 0 Å². The number of nitrogens with one attached hydrogen (secondary N) is 1. The largest absolute Gasteiger partial charge is 0.458 e. The van der Waals surface area contributed by atoms with Gasteiger partial charge in [-0.15, -0.1) is 0 Å². The van der Waals surface area contributed by atoms with Gasteiger partial charge in [-0.1, -0.05) is 0 Å². The highest BCUT2D eigenvalue weighted by Crippen LogP contribution is 2.28. The molecule has 0 atom stereocenters. The van der Waals surface area contributed by atoms with Crippen LogP contribution in [-0.4, -0.2) is 9.97 Å². The molecule has 3 aromatic rings. The number of rotatable bonds is 2. The molecule has 3 nitrogen and oxygen atoms in total. The van der Waals surface area contributed by atoms with E-state index in [2.05, 4.69) is 9.97 Å². The number of imidazole rings is 1. The van der Waals surface area contributed by atoms with E-state index in [-0.39, 0.29) is 5.82 Å². The molecule has 0 amide bonds. The summed E-state index contributed by atoms with van der Waals surface area (Å²) in [6, 6.07) is 6.86. The minimum atomic E-state index is -0.237. The molecule has 17 heavy (non-hydrogen) atoms. The number of furan rings is 1. The third-order valence-electron chi connectivity index (χ3n) is 2.43. The van der Waals surface area contributed by atoms with Gasteiger partial charge in [0.25, 0.3) is 0 Å². The van der Waals surface area contributed by atoms with Gasteiger partial charge in [0.1, 0.15) is 5.82 Å². The van der Waals surface area contributed by atoms with Crippen molar-refractivity contribution < 1.29 is 8.81 Å². The first-order valence-corrected chi connectivity index (χ1v) is 5.91. The Labute approximate surface area is 101 Å². The quantitative estimate of drug-likeness (QED) is 0.750. The van der Waals surface area contributed by atoms with Gasteiger partial charge in [-0.25, -0.2) is 9.37 Å². The van der Waals surface area contributed by atoms with Crippen molar-refractivity contribution in [1.82, 2.24) is 9.97 Å². The van der Waals surface area contributed by atoms with Crippen LogP contribution in [0.25, 0.3) is 11.0 Å². The Morgan fingerprint density at radius 2 is 2.29 bits per heavy atom. The molecule has 1 aromatic carbocycles. The second-order valence-corrected chi connectivity index (χ2v) is 4.69. The number of hydrogen-bond acceptors (Lipinski definition) is 3. The number of fused-ring (bicyclic) bond motifs is 1. The van der Waals surface area contributed by atoms with Gasteiger partial charge in [0, 0.05) is 6.07 Å². The maximum Gasteiger partial charge on any atom is 0.174 e. The molecule has 0 unspecified atom stereocenters. The normalized spacial score (nSPS) is 11.2. The molecule has 0 radical (unpaired) electrons. The van der Waals surface area contributed by atoms with Gasteiger partial charge >= 0.3 is 0 Å². The predicted molar refractivity (Wildman–Crippen MR) is 63.6 cm³/mol. The van der Waals surface area contributed by atoms with Crippen molar-refractivity contribution in [2.24, 2.45) is 0 Å². The van der Waals surface area contributed by atoms with E-state index in [1.165, 1.54) is 17.8 Å². The summed E-state index contributed by atoms with van der Waals surface area (Å²) in [7, 11) is 0. The van der Waals surface area contributed by atoms with Gasteiger partial charge in [0.15, 0.2) is 10.2 Å². The van der Waals surface area contributed by atoms with Gasteiger partial charge in [0.05, 0.1) is 17.3 Å². The number of aromatic amines is 1. The molecule has 0 fully saturated rings. The SMILES string of the molecule is Cc1cc2[nH]c(Sc3ccco3)nc2cc1F.